The lowest BCUT2D eigenvalue weighted by atomic mass is 10.1. The fraction of sp³-hybridized carbons (Fsp3) is 0.391. The Hall–Kier alpha value is -2.91. The maximum Gasteiger partial charge on any atom is 0.243 e. The minimum Gasteiger partial charge on any atom is -0.495 e. The first-order chi connectivity index (χ1) is 15.3. The fourth-order valence-corrected chi connectivity index (χ4v) is 5.25. The summed E-state index contributed by atoms with van der Waals surface area (Å²) in [6.07, 6.45) is 0.130. The lowest BCUT2D eigenvalue weighted by molar-refractivity contribution is -0.126. The number of sulfonamides is 1. The summed E-state index contributed by atoms with van der Waals surface area (Å²) >= 11 is 0. The number of benzene rings is 2. The summed E-state index contributed by atoms with van der Waals surface area (Å²) in [5.41, 5.74) is 1.43. The number of anilines is 1. The molecule has 0 spiro atoms. The molecule has 9 heteroatoms. The molecule has 1 aliphatic rings. The van der Waals surface area contributed by atoms with Gasteiger partial charge >= 0.3 is 0 Å². The number of amides is 2. The van der Waals surface area contributed by atoms with Gasteiger partial charge in [0.25, 0.3) is 0 Å². The number of rotatable bonds is 9. The highest BCUT2D eigenvalue weighted by Gasteiger charge is 2.36. The molecule has 0 radical (unpaired) electrons. The predicted octanol–water partition coefficient (Wildman–Crippen LogP) is 2.40. The summed E-state index contributed by atoms with van der Waals surface area (Å²) in [7, 11) is -1.97. The SMILES string of the molecule is CCN(CC)S(=O)(=O)c1ccc(CNC(=O)[C@H]2CC(=O)N(c3ccccc3OC)C2)cc1. The van der Waals surface area contributed by atoms with Gasteiger partial charge in [0.2, 0.25) is 21.8 Å². The van der Waals surface area contributed by atoms with Crippen LogP contribution in [0.4, 0.5) is 5.69 Å². The Morgan fingerprint density at radius 1 is 1.12 bits per heavy atom. The number of hydrogen-bond donors (Lipinski definition) is 1. The Kier molecular flexibility index (Phi) is 7.52. The van der Waals surface area contributed by atoms with Crippen LogP contribution in [0.2, 0.25) is 0 Å². The van der Waals surface area contributed by atoms with Gasteiger partial charge in [0.1, 0.15) is 5.75 Å². The summed E-state index contributed by atoms with van der Waals surface area (Å²) in [6, 6.07) is 13.7. The second kappa shape index (κ2) is 10.1. The maximum atomic E-state index is 12.7. The monoisotopic (exact) mass is 459 g/mol. The first-order valence-corrected chi connectivity index (χ1v) is 12.1. The van der Waals surface area contributed by atoms with Crippen molar-refractivity contribution in [3.05, 3.63) is 54.1 Å². The van der Waals surface area contributed by atoms with Crippen molar-refractivity contribution in [1.82, 2.24) is 9.62 Å². The summed E-state index contributed by atoms with van der Waals surface area (Å²) < 4.78 is 31.9. The normalized spacial score (nSPS) is 16.4. The van der Waals surface area contributed by atoms with Gasteiger partial charge in [-0.1, -0.05) is 38.1 Å². The van der Waals surface area contributed by atoms with Crippen LogP contribution in [-0.4, -0.2) is 51.3 Å². The van der Waals surface area contributed by atoms with Crippen LogP contribution in [0.15, 0.2) is 53.4 Å². The molecule has 32 heavy (non-hydrogen) atoms. The van der Waals surface area contributed by atoms with Crippen LogP contribution in [-0.2, 0) is 26.2 Å². The second-order valence-electron chi connectivity index (χ2n) is 7.53. The van der Waals surface area contributed by atoms with Gasteiger partial charge < -0.3 is 15.0 Å². The predicted molar refractivity (Wildman–Crippen MR) is 122 cm³/mol. The van der Waals surface area contributed by atoms with Crippen molar-refractivity contribution in [2.45, 2.75) is 31.7 Å². The Balaban J connectivity index is 1.61. The number of para-hydroxylation sites is 2. The first-order valence-electron chi connectivity index (χ1n) is 10.6. The largest absolute Gasteiger partial charge is 0.495 e. The highest BCUT2D eigenvalue weighted by Crippen LogP contribution is 2.32. The molecule has 1 fully saturated rings. The van der Waals surface area contributed by atoms with Gasteiger partial charge in [-0.2, -0.15) is 4.31 Å². The van der Waals surface area contributed by atoms with E-state index in [0.717, 1.165) is 5.56 Å². The molecule has 3 rings (SSSR count). The van der Waals surface area contributed by atoms with Crippen molar-refractivity contribution in [2.75, 3.05) is 31.6 Å². The average Bonchev–Trinajstić information content (AvgIpc) is 3.19. The molecular formula is C23H29N3O5S. The number of nitrogens with one attached hydrogen (secondary N) is 1. The van der Waals surface area contributed by atoms with E-state index in [-0.39, 0.29) is 36.2 Å². The first kappa shape index (κ1) is 23.7. The zero-order valence-electron chi connectivity index (χ0n) is 18.6. The lowest BCUT2D eigenvalue weighted by Gasteiger charge is -2.19. The Bertz CT molecular complexity index is 1070. The molecule has 1 aliphatic heterocycles. The van der Waals surface area contributed by atoms with Gasteiger partial charge in [0, 0.05) is 32.6 Å². The third kappa shape index (κ3) is 4.94. The molecule has 2 amide bonds. The molecule has 1 atom stereocenters. The van der Waals surface area contributed by atoms with Crippen molar-refractivity contribution < 1.29 is 22.7 Å². The van der Waals surface area contributed by atoms with Gasteiger partial charge in [-0.3, -0.25) is 9.59 Å². The molecule has 1 N–H and O–H groups in total. The molecule has 1 heterocycles. The number of hydrogen-bond acceptors (Lipinski definition) is 5. The topological polar surface area (TPSA) is 96.0 Å². The van der Waals surface area contributed by atoms with E-state index in [1.165, 1.54) is 4.31 Å². The minimum absolute atomic E-state index is 0.124. The van der Waals surface area contributed by atoms with E-state index >= 15 is 0 Å². The number of nitrogens with zero attached hydrogens (tertiary/aromatic N) is 2. The summed E-state index contributed by atoms with van der Waals surface area (Å²) in [6.45, 7) is 4.95. The number of carbonyl (C=O) groups excluding carboxylic acids is 2. The van der Waals surface area contributed by atoms with Gasteiger partial charge in [-0.05, 0) is 29.8 Å². The summed E-state index contributed by atoms with van der Waals surface area (Å²) in [5, 5.41) is 2.86. The third-order valence-corrected chi connectivity index (χ3v) is 7.67. The molecule has 172 valence electrons. The van der Waals surface area contributed by atoms with Gasteiger partial charge in [0.05, 0.1) is 23.6 Å². The minimum atomic E-state index is -3.51. The quantitative estimate of drug-likeness (QED) is 0.621. The zero-order chi connectivity index (χ0) is 23.3. The lowest BCUT2D eigenvalue weighted by Crippen LogP contribution is -2.32. The molecule has 8 nitrogen and oxygen atoms in total. The van der Waals surface area contributed by atoms with Crippen molar-refractivity contribution >= 4 is 27.5 Å². The van der Waals surface area contributed by atoms with Crippen LogP contribution in [0.1, 0.15) is 25.8 Å². The molecule has 1 saturated heterocycles. The highest BCUT2D eigenvalue weighted by molar-refractivity contribution is 7.89. The molecule has 0 unspecified atom stereocenters. The van der Waals surface area contributed by atoms with E-state index in [0.29, 0.717) is 24.5 Å². The molecule has 0 aromatic heterocycles. The van der Waals surface area contributed by atoms with Crippen molar-refractivity contribution in [3.63, 3.8) is 0 Å². The summed E-state index contributed by atoms with van der Waals surface area (Å²) in [4.78, 5) is 27.0. The van der Waals surface area contributed by atoms with Crippen LogP contribution in [0, 0.1) is 5.92 Å². The maximum absolute atomic E-state index is 12.7. The van der Waals surface area contributed by atoms with Crippen molar-refractivity contribution in [2.24, 2.45) is 5.92 Å². The van der Waals surface area contributed by atoms with Crippen LogP contribution in [0.5, 0.6) is 5.75 Å². The molecule has 0 aliphatic carbocycles. The highest BCUT2D eigenvalue weighted by atomic mass is 32.2. The molecule has 0 saturated carbocycles. The number of ether oxygens (including phenoxy) is 1. The van der Waals surface area contributed by atoms with Gasteiger partial charge in [0.15, 0.2) is 0 Å². The third-order valence-electron chi connectivity index (χ3n) is 5.61. The molecule has 2 aromatic rings. The van der Waals surface area contributed by atoms with Gasteiger partial charge in [-0.25, -0.2) is 8.42 Å². The van der Waals surface area contributed by atoms with E-state index in [9.17, 15) is 18.0 Å². The number of methoxy groups -OCH3 is 1. The van der Waals surface area contributed by atoms with E-state index < -0.39 is 15.9 Å². The zero-order valence-corrected chi connectivity index (χ0v) is 19.4. The molecule has 2 aromatic carbocycles. The molecule has 0 bridgehead atoms. The fourth-order valence-electron chi connectivity index (χ4n) is 3.79. The van der Waals surface area contributed by atoms with Crippen LogP contribution in [0.25, 0.3) is 0 Å². The van der Waals surface area contributed by atoms with E-state index in [2.05, 4.69) is 5.32 Å². The second-order valence-corrected chi connectivity index (χ2v) is 9.47. The van der Waals surface area contributed by atoms with E-state index in [1.54, 1.807) is 62.3 Å². The standard InChI is InChI=1S/C23H29N3O5S/c1-4-25(5-2)32(29,30)19-12-10-17(11-13-19)15-24-23(28)18-14-22(27)26(16-18)20-8-6-7-9-21(20)31-3/h6-13,18H,4-5,14-16H2,1-3H3,(H,24,28)/t18-/m0/s1. The van der Waals surface area contributed by atoms with E-state index in [1.807, 2.05) is 12.1 Å². The van der Waals surface area contributed by atoms with E-state index in [4.69, 9.17) is 4.74 Å². The average molecular weight is 460 g/mol. The van der Waals surface area contributed by atoms with Crippen molar-refractivity contribution in [3.8, 4) is 5.75 Å². The smallest absolute Gasteiger partial charge is 0.243 e. The van der Waals surface area contributed by atoms with Crippen LogP contribution < -0.4 is 15.0 Å². The molecular weight excluding hydrogens is 430 g/mol. The van der Waals surface area contributed by atoms with Crippen molar-refractivity contribution in [1.29, 1.82) is 0 Å². The van der Waals surface area contributed by atoms with Crippen LogP contribution in [0.3, 0.4) is 0 Å². The van der Waals surface area contributed by atoms with Gasteiger partial charge in [-0.15, -0.1) is 0 Å². The Morgan fingerprint density at radius 3 is 2.41 bits per heavy atom. The Morgan fingerprint density at radius 2 is 1.78 bits per heavy atom. The summed E-state index contributed by atoms with van der Waals surface area (Å²) in [5.74, 6) is -0.215. The Labute approximate surface area is 189 Å². The van der Waals surface area contributed by atoms with Crippen LogP contribution >= 0.6 is 0 Å². The number of carbonyl (C=O) groups is 2.